The molecule has 0 unspecified atom stereocenters. The van der Waals surface area contributed by atoms with Crippen molar-refractivity contribution in [2.75, 3.05) is 18.4 Å². The largest absolute Gasteiger partial charge is 0.325 e. The number of thiazole rings is 1. The molecule has 1 aromatic heterocycles. The van der Waals surface area contributed by atoms with Gasteiger partial charge >= 0.3 is 0 Å². The second-order valence-corrected chi connectivity index (χ2v) is 7.27. The van der Waals surface area contributed by atoms with E-state index >= 15 is 0 Å². The van der Waals surface area contributed by atoms with Crippen LogP contribution in [-0.4, -0.2) is 28.9 Å². The first kappa shape index (κ1) is 16.2. The Hall–Kier alpha value is -2.31. The Labute approximate surface area is 149 Å². The second kappa shape index (κ2) is 6.90. The van der Waals surface area contributed by atoms with Crippen LogP contribution >= 0.6 is 11.3 Å². The van der Waals surface area contributed by atoms with Crippen molar-refractivity contribution in [3.8, 4) is 0 Å². The Kier molecular flexibility index (Phi) is 4.46. The van der Waals surface area contributed by atoms with Gasteiger partial charge in [-0.25, -0.2) is 9.37 Å². The molecule has 2 aromatic carbocycles. The molecule has 1 N–H and O–H groups in total. The Morgan fingerprint density at radius 1 is 1.28 bits per heavy atom. The Balaban J connectivity index is 1.46. The summed E-state index contributed by atoms with van der Waals surface area (Å²) in [5.41, 5.74) is 1.50. The van der Waals surface area contributed by atoms with Crippen LogP contribution in [-0.2, 0) is 4.79 Å². The van der Waals surface area contributed by atoms with Crippen LogP contribution in [0.2, 0.25) is 0 Å². The van der Waals surface area contributed by atoms with Crippen LogP contribution in [0, 0.1) is 5.82 Å². The molecular weight excluding hydrogens is 337 g/mol. The van der Waals surface area contributed by atoms with Gasteiger partial charge in [-0.05, 0) is 49.7 Å². The van der Waals surface area contributed by atoms with Crippen LogP contribution in [0.5, 0.6) is 0 Å². The van der Waals surface area contributed by atoms with Gasteiger partial charge in [0.15, 0.2) is 0 Å². The van der Waals surface area contributed by atoms with Gasteiger partial charge < -0.3 is 5.32 Å². The highest BCUT2D eigenvalue weighted by molar-refractivity contribution is 7.18. The maximum absolute atomic E-state index is 13.2. The molecule has 0 bridgehead atoms. The summed E-state index contributed by atoms with van der Waals surface area (Å²) >= 11 is 1.70. The summed E-state index contributed by atoms with van der Waals surface area (Å²) in [5, 5.41) is 3.84. The highest BCUT2D eigenvalue weighted by Crippen LogP contribution is 2.36. The van der Waals surface area contributed by atoms with Gasteiger partial charge in [0.1, 0.15) is 10.8 Å². The van der Waals surface area contributed by atoms with Crippen LogP contribution in [0.15, 0.2) is 48.5 Å². The van der Waals surface area contributed by atoms with Gasteiger partial charge in [0.25, 0.3) is 0 Å². The van der Waals surface area contributed by atoms with Gasteiger partial charge in [-0.15, -0.1) is 11.3 Å². The number of hydrogen-bond donors (Lipinski definition) is 1. The fourth-order valence-electron chi connectivity index (χ4n) is 3.28. The van der Waals surface area contributed by atoms with Crippen molar-refractivity contribution in [2.45, 2.75) is 18.9 Å². The van der Waals surface area contributed by atoms with E-state index in [1.54, 1.807) is 23.5 Å². The number of carbonyl (C=O) groups excluding carboxylic acids is 1. The number of hydrogen-bond acceptors (Lipinski definition) is 4. The van der Waals surface area contributed by atoms with Crippen molar-refractivity contribution in [1.29, 1.82) is 0 Å². The van der Waals surface area contributed by atoms with Crippen molar-refractivity contribution >= 4 is 33.1 Å². The van der Waals surface area contributed by atoms with Crippen LogP contribution in [0.3, 0.4) is 0 Å². The summed E-state index contributed by atoms with van der Waals surface area (Å²) in [6.45, 7) is 1.16. The topological polar surface area (TPSA) is 45.2 Å². The summed E-state index contributed by atoms with van der Waals surface area (Å²) in [6.07, 6.45) is 2.06. The van der Waals surface area contributed by atoms with Crippen molar-refractivity contribution in [1.82, 2.24) is 9.88 Å². The number of benzene rings is 2. The van der Waals surface area contributed by atoms with Gasteiger partial charge in [0, 0.05) is 5.69 Å². The zero-order valence-electron chi connectivity index (χ0n) is 13.6. The monoisotopic (exact) mass is 355 g/mol. The maximum atomic E-state index is 13.2. The molecular formula is C19H18FN3OS. The zero-order valence-corrected chi connectivity index (χ0v) is 14.4. The van der Waals surface area contributed by atoms with E-state index in [-0.39, 0.29) is 24.3 Å². The Bertz CT molecular complexity index is 877. The van der Waals surface area contributed by atoms with Gasteiger partial charge in [-0.1, -0.05) is 18.2 Å². The number of anilines is 1. The summed E-state index contributed by atoms with van der Waals surface area (Å²) in [7, 11) is 0. The van der Waals surface area contributed by atoms with Crippen molar-refractivity contribution < 1.29 is 9.18 Å². The molecule has 1 aliphatic heterocycles. The van der Waals surface area contributed by atoms with Gasteiger partial charge in [0.2, 0.25) is 5.91 Å². The van der Waals surface area contributed by atoms with E-state index in [1.807, 2.05) is 18.2 Å². The standard InChI is InChI=1S/C19H18FN3OS/c20-13-5-3-6-14(11-13)21-18(24)12-23-10-4-8-16(23)19-22-15-7-1-2-9-17(15)25-19/h1-3,5-7,9,11,16H,4,8,10,12H2,(H,21,24)/t16-/m0/s1. The molecule has 1 aliphatic rings. The molecule has 1 amide bonds. The third-order valence-corrected chi connectivity index (χ3v) is 5.55. The average Bonchev–Trinajstić information content (AvgIpc) is 3.20. The highest BCUT2D eigenvalue weighted by atomic mass is 32.1. The average molecular weight is 355 g/mol. The molecule has 4 rings (SSSR count). The maximum Gasteiger partial charge on any atom is 0.238 e. The molecule has 1 atom stereocenters. The second-order valence-electron chi connectivity index (χ2n) is 6.21. The lowest BCUT2D eigenvalue weighted by molar-refractivity contribution is -0.117. The molecule has 4 nitrogen and oxygen atoms in total. The minimum Gasteiger partial charge on any atom is -0.325 e. The smallest absolute Gasteiger partial charge is 0.238 e. The van der Waals surface area contributed by atoms with Crippen LogP contribution in [0.25, 0.3) is 10.2 Å². The zero-order chi connectivity index (χ0) is 17.2. The molecule has 0 aliphatic carbocycles. The van der Waals surface area contributed by atoms with E-state index in [2.05, 4.69) is 16.3 Å². The van der Waals surface area contributed by atoms with E-state index in [0.717, 1.165) is 29.9 Å². The number of nitrogens with one attached hydrogen (secondary N) is 1. The molecule has 6 heteroatoms. The van der Waals surface area contributed by atoms with Crippen LogP contribution in [0.4, 0.5) is 10.1 Å². The van der Waals surface area contributed by atoms with Gasteiger partial charge in [-0.3, -0.25) is 9.69 Å². The number of fused-ring (bicyclic) bond motifs is 1. The quantitative estimate of drug-likeness (QED) is 0.762. The molecule has 0 saturated carbocycles. The number of rotatable bonds is 4. The summed E-state index contributed by atoms with van der Waals surface area (Å²) in [5.74, 6) is -0.482. The van der Waals surface area contributed by atoms with Crippen LogP contribution in [0.1, 0.15) is 23.9 Å². The van der Waals surface area contributed by atoms with E-state index in [4.69, 9.17) is 4.98 Å². The third kappa shape index (κ3) is 3.55. The lowest BCUT2D eigenvalue weighted by atomic mass is 10.2. The van der Waals surface area contributed by atoms with E-state index < -0.39 is 0 Å². The molecule has 2 heterocycles. The minimum absolute atomic E-state index is 0.126. The first-order valence-electron chi connectivity index (χ1n) is 8.34. The fourth-order valence-corrected chi connectivity index (χ4v) is 4.42. The predicted octanol–water partition coefficient (Wildman–Crippen LogP) is 4.21. The summed E-state index contributed by atoms with van der Waals surface area (Å²) in [4.78, 5) is 19.2. The molecule has 128 valence electrons. The molecule has 1 saturated heterocycles. The first-order valence-corrected chi connectivity index (χ1v) is 9.15. The van der Waals surface area contributed by atoms with E-state index in [9.17, 15) is 9.18 Å². The Morgan fingerprint density at radius 3 is 3.00 bits per heavy atom. The number of para-hydroxylation sites is 1. The minimum atomic E-state index is -0.355. The molecule has 1 fully saturated rings. The first-order chi connectivity index (χ1) is 12.2. The molecule has 0 radical (unpaired) electrons. The normalized spacial score (nSPS) is 17.9. The lowest BCUT2D eigenvalue weighted by Crippen LogP contribution is -2.32. The van der Waals surface area contributed by atoms with Gasteiger partial charge in [0.05, 0.1) is 22.8 Å². The Morgan fingerprint density at radius 2 is 2.16 bits per heavy atom. The number of nitrogens with zero attached hydrogens (tertiary/aromatic N) is 2. The number of halogens is 1. The molecule has 3 aromatic rings. The van der Waals surface area contributed by atoms with E-state index in [1.165, 1.54) is 16.8 Å². The summed E-state index contributed by atoms with van der Waals surface area (Å²) in [6, 6.07) is 14.2. The number of likely N-dealkylation sites (tertiary alicyclic amines) is 1. The highest BCUT2D eigenvalue weighted by Gasteiger charge is 2.30. The number of carbonyl (C=O) groups is 1. The van der Waals surface area contributed by atoms with E-state index in [0.29, 0.717) is 5.69 Å². The third-order valence-electron chi connectivity index (χ3n) is 4.41. The molecule has 0 spiro atoms. The number of aromatic nitrogens is 1. The van der Waals surface area contributed by atoms with Crippen LogP contribution < -0.4 is 5.32 Å². The van der Waals surface area contributed by atoms with Crippen molar-refractivity contribution in [3.05, 3.63) is 59.4 Å². The predicted molar refractivity (Wildman–Crippen MR) is 98.2 cm³/mol. The number of amides is 1. The van der Waals surface area contributed by atoms with Gasteiger partial charge in [-0.2, -0.15) is 0 Å². The lowest BCUT2D eigenvalue weighted by Gasteiger charge is -2.22. The summed E-state index contributed by atoms with van der Waals surface area (Å²) < 4.78 is 14.4. The SMILES string of the molecule is O=C(CN1CCC[C@H]1c1nc2ccccc2s1)Nc1cccc(F)c1. The van der Waals surface area contributed by atoms with Crippen molar-refractivity contribution in [3.63, 3.8) is 0 Å². The van der Waals surface area contributed by atoms with Crippen molar-refractivity contribution in [2.24, 2.45) is 0 Å². The fraction of sp³-hybridized carbons (Fsp3) is 0.263. The molecule has 25 heavy (non-hydrogen) atoms.